The first kappa shape index (κ1) is 13.2. The molecule has 0 saturated heterocycles. The fourth-order valence-corrected chi connectivity index (χ4v) is 1.73. The minimum Gasteiger partial charge on any atom is -0.435 e. The van der Waals surface area contributed by atoms with Gasteiger partial charge < -0.3 is 10.2 Å². The van der Waals surface area contributed by atoms with Gasteiger partial charge in [0.1, 0.15) is 6.33 Å². The van der Waals surface area contributed by atoms with Gasteiger partial charge in [-0.3, -0.25) is 0 Å². The Hall–Kier alpha value is -2.21. The van der Waals surface area contributed by atoms with Crippen molar-refractivity contribution in [1.82, 2.24) is 9.97 Å². The molecule has 19 heavy (non-hydrogen) atoms. The number of hydrogen-bond acceptors (Lipinski definition) is 5. The molecule has 1 aromatic heterocycles. The van der Waals surface area contributed by atoms with Gasteiger partial charge in [0.25, 0.3) is 0 Å². The molecule has 5 nitrogen and oxygen atoms in total. The number of hydrogen-bond donors (Lipinski definition) is 2. The van der Waals surface area contributed by atoms with Crippen molar-refractivity contribution in [3.63, 3.8) is 0 Å². The van der Waals surface area contributed by atoms with Gasteiger partial charge in [0, 0.05) is 0 Å². The fourth-order valence-electron chi connectivity index (χ4n) is 1.73. The Bertz CT molecular complexity index is 574. The topological polar surface area (TPSA) is 73.1 Å². The molecule has 0 saturated carbocycles. The van der Waals surface area contributed by atoms with Crippen molar-refractivity contribution in [1.29, 1.82) is 0 Å². The second kappa shape index (κ2) is 5.62. The van der Waals surface area contributed by atoms with E-state index in [-0.39, 0.29) is 11.7 Å². The third-order valence-electron chi connectivity index (χ3n) is 2.60. The Balaban J connectivity index is 2.43. The van der Waals surface area contributed by atoms with Crippen LogP contribution in [0.15, 0.2) is 30.6 Å². The highest BCUT2D eigenvalue weighted by Gasteiger charge is 2.17. The Kier molecular flexibility index (Phi) is 3.91. The number of nitrogen functional groups attached to an aromatic ring is 1. The molecule has 0 amide bonds. The van der Waals surface area contributed by atoms with Crippen LogP contribution in [0.1, 0.15) is 25.3 Å². The number of para-hydroxylation sites is 1. The lowest BCUT2D eigenvalue weighted by Gasteiger charge is -2.15. The number of nitrogens with zero attached hydrogens (tertiary/aromatic N) is 2. The number of aromatic nitrogens is 2. The molecule has 0 aliphatic rings. The SMILES string of the molecule is CC(C)c1c(NN)ncnc1Oc1ccccc1F. The van der Waals surface area contributed by atoms with E-state index in [0.717, 1.165) is 0 Å². The van der Waals surface area contributed by atoms with Crippen LogP contribution in [-0.2, 0) is 0 Å². The molecule has 0 spiro atoms. The summed E-state index contributed by atoms with van der Waals surface area (Å²) in [4.78, 5) is 8.07. The predicted molar refractivity (Wildman–Crippen MR) is 70.4 cm³/mol. The van der Waals surface area contributed by atoms with E-state index < -0.39 is 5.82 Å². The molecule has 0 fully saturated rings. The standard InChI is InChI=1S/C13H15FN4O/c1-8(2)11-12(18-15)16-7-17-13(11)19-10-6-4-3-5-9(10)14/h3-8H,15H2,1-2H3,(H,16,17,18). The second-order valence-corrected chi connectivity index (χ2v) is 4.27. The summed E-state index contributed by atoms with van der Waals surface area (Å²) < 4.78 is 19.1. The van der Waals surface area contributed by atoms with Crippen molar-refractivity contribution >= 4 is 5.82 Å². The number of benzene rings is 1. The first-order chi connectivity index (χ1) is 9.13. The predicted octanol–water partition coefficient (Wildman–Crippen LogP) is 2.82. The average Bonchev–Trinajstić information content (AvgIpc) is 2.40. The molecule has 0 unspecified atom stereocenters. The van der Waals surface area contributed by atoms with Crippen LogP contribution in [0.4, 0.5) is 10.2 Å². The summed E-state index contributed by atoms with van der Waals surface area (Å²) in [6.07, 6.45) is 1.32. The van der Waals surface area contributed by atoms with Crippen molar-refractivity contribution in [2.45, 2.75) is 19.8 Å². The zero-order chi connectivity index (χ0) is 13.8. The van der Waals surface area contributed by atoms with Crippen LogP contribution >= 0.6 is 0 Å². The molecule has 0 atom stereocenters. The monoisotopic (exact) mass is 262 g/mol. The third-order valence-corrected chi connectivity index (χ3v) is 2.60. The van der Waals surface area contributed by atoms with E-state index >= 15 is 0 Å². The van der Waals surface area contributed by atoms with Crippen LogP contribution < -0.4 is 16.0 Å². The van der Waals surface area contributed by atoms with E-state index in [9.17, 15) is 4.39 Å². The quantitative estimate of drug-likeness (QED) is 0.654. The van der Waals surface area contributed by atoms with E-state index in [1.807, 2.05) is 13.8 Å². The van der Waals surface area contributed by atoms with Crippen LogP contribution in [-0.4, -0.2) is 9.97 Å². The molecule has 6 heteroatoms. The molecule has 0 aliphatic heterocycles. The molecule has 0 bridgehead atoms. The molecule has 2 aromatic rings. The van der Waals surface area contributed by atoms with Gasteiger partial charge >= 0.3 is 0 Å². The average molecular weight is 262 g/mol. The first-order valence-corrected chi connectivity index (χ1v) is 5.87. The first-order valence-electron chi connectivity index (χ1n) is 5.87. The van der Waals surface area contributed by atoms with Crippen molar-refractivity contribution in [2.75, 3.05) is 5.43 Å². The highest BCUT2D eigenvalue weighted by atomic mass is 19.1. The molecule has 0 aliphatic carbocycles. The molecule has 2 rings (SSSR count). The summed E-state index contributed by atoms with van der Waals surface area (Å²) in [7, 11) is 0. The van der Waals surface area contributed by atoms with E-state index in [0.29, 0.717) is 17.3 Å². The lowest BCUT2D eigenvalue weighted by Crippen LogP contribution is -2.13. The van der Waals surface area contributed by atoms with Gasteiger partial charge in [0.2, 0.25) is 5.88 Å². The Morgan fingerprint density at radius 2 is 2.00 bits per heavy atom. The highest BCUT2D eigenvalue weighted by Crippen LogP contribution is 2.33. The summed E-state index contributed by atoms with van der Waals surface area (Å²) >= 11 is 0. The number of rotatable bonds is 4. The van der Waals surface area contributed by atoms with Gasteiger partial charge in [0.05, 0.1) is 5.56 Å². The zero-order valence-corrected chi connectivity index (χ0v) is 10.7. The van der Waals surface area contributed by atoms with Gasteiger partial charge in [-0.05, 0) is 18.1 Å². The second-order valence-electron chi connectivity index (χ2n) is 4.27. The largest absolute Gasteiger partial charge is 0.435 e. The van der Waals surface area contributed by atoms with Gasteiger partial charge in [0.15, 0.2) is 17.4 Å². The van der Waals surface area contributed by atoms with Crippen molar-refractivity contribution in [3.05, 3.63) is 42.0 Å². The van der Waals surface area contributed by atoms with Crippen molar-refractivity contribution < 1.29 is 9.13 Å². The lowest BCUT2D eigenvalue weighted by molar-refractivity contribution is 0.419. The molecule has 3 N–H and O–H groups in total. The number of halogens is 1. The lowest BCUT2D eigenvalue weighted by atomic mass is 10.1. The summed E-state index contributed by atoms with van der Waals surface area (Å²) in [6.45, 7) is 3.90. The normalized spacial score (nSPS) is 10.6. The van der Waals surface area contributed by atoms with Crippen molar-refractivity contribution in [3.8, 4) is 11.6 Å². The van der Waals surface area contributed by atoms with Crippen LogP contribution in [0.2, 0.25) is 0 Å². The molecular weight excluding hydrogens is 247 g/mol. The highest BCUT2D eigenvalue weighted by molar-refractivity contribution is 5.50. The number of nitrogens with two attached hydrogens (primary N) is 1. The number of anilines is 1. The Morgan fingerprint density at radius 3 is 2.63 bits per heavy atom. The van der Waals surface area contributed by atoms with E-state index in [1.54, 1.807) is 12.1 Å². The van der Waals surface area contributed by atoms with Gasteiger partial charge in [-0.2, -0.15) is 0 Å². The summed E-state index contributed by atoms with van der Waals surface area (Å²) in [5.41, 5.74) is 3.19. The smallest absolute Gasteiger partial charge is 0.228 e. The summed E-state index contributed by atoms with van der Waals surface area (Å²) in [5, 5.41) is 0. The van der Waals surface area contributed by atoms with E-state index in [4.69, 9.17) is 10.6 Å². The van der Waals surface area contributed by atoms with Crippen molar-refractivity contribution in [2.24, 2.45) is 5.84 Å². The van der Waals surface area contributed by atoms with Crippen LogP contribution in [0.3, 0.4) is 0 Å². The Morgan fingerprint density at radius 1 is 1.26 bits per heavy atom. The molecule has 100 valence electrons. The maximum Gasteiger partial charge on any atom is 0.228 e. The maximum atomic E-state index is 13.6. The number of nitrogens with one attached hydrogen (secondary N) is 1. The van der Waals surface area contributed by atoms with Crippen LogP contribution in [0.5, 0.6) is 11.6 Å². The molecule has 1 heterocycles. The van der Waals surface area contributed by atoms with Gasteiger partial charge in [-0.15, -0.1) is 0 Å². The minimum absolute atomic E-state index is 0.0778. The van der Waals surface area contributed by atoms with Gasteiger partial charge in [-0.25, -0.2) is 20.2 Å². The molecule has 0 radical (unpaired) electrons. The molecule has 1 aromatic carbocycles. The minimum atomic E-state index is -0.446. The van der Waals surface area contributed by atoms with E-state index in [2.05, 4.69) is 15.4 Å². The zero-order valence-electron chi connectivity index (χ0n) is 10.7. The number of hydrazine groups is 1. The maximum absolute atomic E-state index is 13.6. The number of ether oxygens (including phenoxy) is 1. The van der Waals surface area contributed by atoms with E-state index in [1.165, 1.54) is 18.5 Å². The third kappa shape index (κ3) is 2.79. The Labute approximate surface area is 110 Å². The van der Waals surface area contributed by atoms with Crippen LogP contribution in [0.25, 0.3) is 0 Å². The van der Waals surface area contributed by atoms with Gasteiger partial charge in [-0.1, -0.05) is 26.0 Å². The summed E-state index contributed by atoms with van der Waals surface area (Å²) in [5.74, 6) is 5.92. The summed E-state index contributed by atoms with van der Waals surface area (Å²) in [6, 6.07) is 6.15. The molecular formula is C13H15FN4O. The fraction of sp³-hybridized carbons (Fsp3) is 0.231. The van der Waals surface area contributed by atoms with Crippen LogP contribution in [0, 0.1) is 5.82 Å².